The second-order valence-electron chi connectivity index (χ2n) is 8.44. The first-order chi connectivity index (χ1) is 14.1. The topological polar surface area (TPSA) is 52.0 Å². The van der Waals surface area contributed by atoms with Crippen molar-refractivity contribution in [2.75, 3.05) is 20.7 Å². The molecule has 1 heterocycles. The smallest absolute Gasteiger partial charge is 0.0991 e. The summed E-state index contributed by atoms with van der Waals surface area (Å²) in [6.45, 7) is 1.38. The molecule has 3 aromatic rings. The van der Waals surface area contributed by atoms with E-state index in [4.69, 9.17) is 10.00 Å². The normalized spacial score (nSPS) is 22.1. The van der Waals surface area contributed by atoms with E-state index in [2.05, 4.69) is 60.4 Å². The molecule has 4 heteroatoms. The molecule has 0 atom stereocenters. The van der Waals surface area contributed by atoms with Gasteiger partial charge >= 0.3 is 0 Å². The number of aromatic nitrogens is 1. The molecule has 0 aliphatic heterocycles. The van der Waals surface area contributed by atoms with Crippen LogP contribution in [0.3, 0.4) is 0 Å². The first-order valence-corrected chi connectivity index (χ1v) is 10.4. The van der Waals surface area contributed by atoms with Gasteiger partial charge in [0.2, 0.25) is 0 Å². The fourth-order valence-corrected chi connectivity index (χ4v) is 4.77. The molecule has 1 aliphatic rings. The maximum atomic E-state index is 9.14. The van der Waals surface area contributed by atoms with Gasteiger partial charge in [-0.05, 0) is 69.5 Å². The molecule has 0 radical (unpaired) electrons. The predicted octanol–water partition coefficient (Wildman–Crippen LogP) is 5.20. The Morgan fingerprint density at radius 3 is 2.59 bits per heavy atom. The van der Waals surface area contributed by atoms with Gasteiger partial charge in [-0.3, -0.25) is 4.90 Å². The third-order valence-electron chi connectivity index (χ3n) is 6.61. The number of hydrogen-bond donors (Lipinski definition) is 1. The lowest BCUT2D eigenvalue weighted by atomic mass is 9.72. The Morgan fingerprint density at radius 2 is 1.90 bits per heavy atom. The molecule has 0 spiro atoms. The average molecular weight is 388 g/mol. The number of nitrogens with one attached hydrogen (secondary N) is 1. The summed E-state index contributed by atoms with van der Waals surface area (Å²) in [6, 6.07) is 18.9. The average Bonchev–Trinajstić information content (AvgIpc) is 3.17. The van der Waals surface area contributed by atoms with Crippen LogP contribution in [0.5, 0.6) is 0 Å². The lowest BCUT2D eigenvalue weighted by Gasteiger charge is -2.45. The Bertz CT molecular complexity index is 992. The number of nitriles is 1. The summed E-state index contributed by atoms with van der Waals surface area (Å²) in [5, 5.41) is 10.2. The van der Waals surface area contributed by atoms with E-state index in [-0.39, 0.29) is 5.54 Å². The molecule has 1 aromatic heterocycles. The van der Waals surface area contributed by atoms with Crippen molar-refractivity contribution in [2.45, 2.75) is 37.8 Å². The maximum absolute atomic E-state index is 9.14. The first-order valence-electron chi connectivity index (χ1n) is 10.4. The number of H-pyrrole nitrogens is 1. The van der Waals surface area contributed by atoms with Gasteiger partial charge in [-0.2, -0.15) is 5.26 Å². The van der Waals surface area contributed by atoms with Gasteiger partial charge in [-0.15, -0.1) is 0 Å². The second kappa shape index (κ2) is 8.41. The molecule has 2 aromatic carbocycles. The van der Waals surface area contributed by atoms with Gasteiger partial charge in [0.15, 0.2) is 0 Å². The molecule has 0 unspecified atom stereocenters. The Morgan fingerprint density at radius 1 is 1.14 bits per heavy atom. The second-order valence-corrected chi connectivity index (χ2v) is 8.44. The highest BCUT2D eigenvalue weighted by Gasteiger charge is 2.38. The molecule has 0 amide bonds. The quantitative estimate of drug-likeness (QED) is 0.632. The summed E-state index contributed by atoms with van der Waals surface area (Å²) in [5.41, 5.74) is 4.43. The molecule has 150 valence electrons. The van der Waals surface area contributed by atoms with Crippen molar-refractivity contribution in [2.24, 2.45) is 5.92 Å². The van der Waals surface area contributed by atoms with Crippen LogP contribution in [0.4, 0.5) is 0 Å². The van der Waals surface area contributed by atoms with Crippen molar-refractivity contribution in [1.29, 1.82) is 5.26 Å². The van der Waals surface area contributed by atoms with Gasteiger partial charge in [-0.1, -0.05) is 30.3 Å². The van der Waals surface area contributed by atoms with Crippen LogP contribution in [0, 0.1) is 17.2 Å². The molecule has 1 fully saturated rings. The zero-order chi connectivity index (χ0) is 20.3. The molecule has 4 rings (SSSR count). The van der Waals surface area contributed by atoms with Crippen molar-refractivity contribution >= 4 is 10.9 Å². The van der Waals surface area contributed by atoms with Crippen molar-refractivity contribution < 1.29 is 4.74 Å². The number of benzene rings is 2. The summed E-state index contributed by atoms with van der Waals surface area (Å²) < 4.78 is 6.12. The van der Waals surface area contributed by atoms with E-state index in [1.807, 2.05) is 24.4 Å². The van der Waals surface area contributed by atoms with Gasteiger partial charge in [-0.25, -0.2) is 0 Å². The zero-order valence-electron chi connectivity index (χ0n) is 17.3. The highest BCUT2D eigenvalue weighted by Crippen LogP contribution is 2.43. The van der Waals surface area contributed by atoms with E-state index in [0.717, 1.165) is 35.9 Å². The van der Waals surface area contributed by atoms with E-state index in [1.54, 1.807) is 0 Å². The Hall–Kier alpha value is -2.61. The molecule has 29 heavy (non-hydrogen) atoms. The lowest BCUT2D eigenvalue weighted by Crippen LogP contribution is -2.44. The monoisotopic (exact) mass is 387 g/mol. The molecular formula is C25H29N3O. The van der Waals surface area contributed by atoms with Crippen LogP contribution >= 0.6 is 0 Å². The Kier molecular flexibility index (Phi) is 5.71. The van der Waals surface area contributed by atoms with E-state index >= 15 is 0 Å². The van der Waals surface area contributed by atoms with E-state index in [1.165, 1.54) is 18.4 Å². The van der Waals surface area contributed by atoms with Crippen molar-refractivity contribution in [1.82, 2.24) is 9.88 Å². The van der Waals surface area contributed by atoms with Crippen molar-refractivity contribution in [3.8, 4) is 6.07 Å². The first kappa shape index (κ1) is 19.7. The molecule has 1 saturated carbocycles. The number of nitrogens with zero attached hydrogens (tertiary/aromatic N) is 2. The van der Waals surface area contributed by atoms with Crippen LogP contribution < -0.4 is 0 Å². The van der Waals surface area contributed by atoms with Crippen LogP contribution in [0.25, 0.3) is 10.9 Å². The van der Waals surface area contributed by atoms with E-state index in [9.17, 15) is 0 Å². The van der Waals surface area contributed by atoms with Crippen LogP contribution in [0.1, 0.15) is 42.4 Å². The van der Waals surface area contributed by atoms with E-state index < -0.39 is 0 Å². The number of aromatic amines is 1. The van der Waals surface area contributed by atoms with Crippen molar-refractivity contribution in [3.63, 3.8) is 0 Å². The van der Waals surface area contributed by atoms with Crippen molar-refractivity contribution in [3.05, 3.63) is 71.4 Å². The van der Waals surface area contributed by atoms with Gasteiger partial charge in [0, 0.05) is 34.8 Å². The third kappa shape index (κ3) is 3.94. The van der Waals surface area contributed by atoms with Crippen LogP contribution in [0.15, 0.2) is 54.7 Å². The van der Waals surface area contributed by atoms with E-state index in [0.29, 0.717) is 18.1 Å². The minimum absolute atomic E-state index is 0.141. The SMILES string of the molecule is CN(C)C1(c2ccccc2)CCC(COCc2c[nH]c3ccc(C#N)cc23)CC1. The largest absolute Gasteiger partial charge is 0.376 e. The van der Waals surface area contributed by atoms with Gasteiger partial charge in [0.05, 0.1) is 18.2 Å². The molecule has 1 N–H and O–H groups in total. The number of rotatable bonds is 6. The third-order valence-corrected chi connectivity index (χ3v) is 6.61. The molecule has 1 aliphatic carbocycles. The fraction of sp³-hybridized carbons (Fsp3) is 0.400. The number of ether oxygens (including phenoxy) is 1. The summed E-state index contributed by atoms with van der Waals surface area (Å²) in [7, 11) is 4.41. The fourth-order valence-electron chi connectivity index (χ4n) is 4.77. The standard InChI is InChI=1S/C25H29N3O/c1-28(2)25(22-6-4-3-5-7-22)12-10-19(11-13-25)17-29-18-21-16-27-24-9-8-20(15-26)14-23(21)24/h3-9,14,16,19,27H,10-13,17-18H2,1-2H3. The zero-order valence-corrected chi connectivity index (χ0v) is 17.3. The molecule has 4 nitrogen and oxygen atoms in total. The molecule has 0 bridgehead atoms. The Balaban J connectivity index is 1.35. The summed E-state index contributed by atoms with van der Waals surface area (Å²) in [5.74, 6) is 0.603. The number of hydrogen-bond acceptors (Lipinski definition) is 3. The molecule has 0 saturated heterocycles. The minimum Gasteiger partial charge on any atom is -0.376 e. The van der Waals surface area contributed by atoms with Gasteiger partial charge in [0.25, 0.3) is 0 Å². The highest BCUT2D eigenvalue weighted by molar-refractivity contribution is 5.84. The minimum atomic E-state index is 0.141. The molecular weight excluding hydrogens is 358 g/mol. The van der Waals surface area contributed by atoms with Gasteiger partial charge in [0.1, 0.15) is 0 Å². The van der Waals surface area contributed by atoms with Gasteiger partial charge < -0.3 is 9.72 Å². The summed E-state index contributed by atoms with van der Waals surface area (Å²) in [4.78, 5) is 5.68. The van der Waals surface area contributed by atoms with Crippen LogP contribution in [-0.4, -0.2) is 30.6 Å². The predicted molar refractivity (Wildman–Crippen MR) is 116 cm³/mol. The highest BCUT2D eigenvalue weighted by atomic mass is 16.5. The summed E-state index contributed by atoms with van der Waals surface area (Å²) >= 11 is 0. The summed E-state index contributed by atoms with van der Waals surface area (Å²) in [6.07, 6.45) is 6.69. The maximum Gasteiger partial charge on any atom is 0.0991 e. The number of fused-ring (bicyclic) bond motifs is 1. The Labute approximate surface area is 173 Å². The van der Waals surface area contributed by atoms with Crippen LogP contribution in [0.2, 0.25) is 0 Å². The lowest BCUT2D eigenvalue weighted by molar-refractivity contribution is 0.0290. The van der Waals surface area contributed by atoms with Crippen LogP contribution in [-0.2, 0) is 16.9 Å².